The van der Waals surface area contributed by atoms with Gasteiger partial charge in [0.2, 0.25) is 0 Å². The van der Waals surface area contributed by atoms with Crippen LogP contribution >= 0.6 is 23.2 Å². The van der Waals surface area contributed by atoms with Crippen molar-refractivity contribution in [3.63, 3.8) is 0 Å². The highest BCUT2D eigenvalue weighted by atomic mass is 35.5. The average molecular weight is 349 g/mol. The highest BCUT2D eigenvalue weighted by Gasteiger charge is 2.27. The molecule has 5 heteroatoms. The summed E-state index contributed by atoms with van der Waals surface area (Å²) < 4.78 is 17.5. The Balaban J connectivity index is 2.61. The van der Waals surface area contributed by atoms with Crippen molar-refractivity contribution in [3.05, 3.63) is 28.2 Å². The van der Waals surface area contributed by atoms with Crippen molar-refractivity contribution < 1.29 is 14.2 Å². The van der Waals surface area contributed by atoms with Gasteiger partial charge >= 0.3 is 0 Å². The smallest absolute Gasteiger partial charge is 0.199 e. The van der Waals surface area contributed by atoms with Crippen LogP contribution in [0.15, 0.2) is 18.2 Å². The molecule has 22 heavy (non-hydrogen) atoms. The normalized spacial score (nSPS) is 11.7. The lowest BCUT2D eigenvalue weighted by Gasteiger charge is -2.30. The lowest BCUT2D eigenvalue weighted by atomic mass is 10.3. The van der Waals surface area contributed by atoms with Gasteiger partial charge in [-0.05, 0) is 38.0 Å². The van der Waals surface area contributed by atoms with Gasteiger partial charge in [-0.2, -0.15) is 0 Å². The molecule has 1 aromatic rings. The highest BCUT2D eigenvalue weighted by molar-refractivity contribution is 6.35. The van der Waals surface area contributed by atoms with Crippen LogP contribution in [-0.4, -0.2) is 25.6 Å². The Morgan fingerprint density at radius 2 is 1.59 bits per heavy atom. The molecule has 0 spiro atoms. The Kier molecular flexibility index (Phi) is 9.18. The minimum absolute atomic E-state index is 0.280. The van der Waals surface area contributed by atoms with Gasteiger partial charge < -0.3 is 14.2 Å². The molecule has 0 aliphatic carbocycles. The van der Waals surface area contributed by atoms with Gasteiger partial charge in [-0.1, -0.05) is 49.9 Å². The zero-order chi connectivity index (χ0) is 16.4. The fraction of sp³-hybridized carbons (Fsp3) is 0.647. The third kappa shape index (κ3) is 7.19. The zero-order valence-corrected chi connectivity index (χ0v) is 15.2. The minimum Gasteiger partial charge on any atom is -0.486 e. The van der Waals surface area contributed by atoms with Crippen LogP contribution in [0.4, 0.5) is 0 Å². The van der Waals surface area contributed by atoms with Crippen LogP contribution in [0.2, 0.25) is 10.0 Å². The number of hydrogen-bond acceptors (Lipinski definition) is 3. The number of hydrogen-bond donors (Lipinski definition) is 0. The second-order valence-electron chi connectivity index (χ2n) is 5.40. The molecule has 0 atom stereocenters. The third-order valence-electron chi connectivity index (χ3n) is 3.19. The summed E-state index contributed by atoms with van der Waals surface area (Å²) in [6, 6.07) is 5.16. The molecule has 1 rings (SSSR count). The number of halogens is 2. The first-order valence-electron chi connectivity index (χ1n) is 7.86. The number of ether oxygens (including phenoxy) is 3. The summed E-state index contributed by atoms with van der Waals surface area (Å²) in [6.45, 7) is 7.74. The van der Waals surface area contributed by atoms with Crippen LogP contribution < -0.4 is 4.74 Å². The molecule has 0 heterocycles. The Labute approximate surface area is 143 Å². The van der Waals surface area contributed by atoms with Gasteiger partial charge in [-0.15, -0.1) is 0 Å². The molecule has 1 aromatic carbocycles. The quantitative estimate of drug-likeness (QED) is 0.378. The molecule has 0 unspecified atom stereocenters. The maximum Gasteiger partial charge on any atom is 0.199 e. The van der Waals surface area contributed by atoms with Crippen molar-refractivity contribution in [2.75, 3.05) is 19.8 Å². The number of unbranched alkanes of at least 4 members (excludes halogenated alkanes) is 2. The van der Waals surface area contributed by atoms with E-state index < -0.39 is 5.79 Å². The van der Waals surface area contributed by atoms with Gasteiger partial charge in [0.05, 0.1) is 18.2 Å². The fourth-order valence-electron chi connectivity index (χ4n) is 1.79. The summed E-state index contributed by atoms with van der Waals surface area (Å²) in [4.78, 5) is 0. The number of benzene rings is 1. The number of rotatable bonds is 11. The lowest BCUT2D eigenvalue weighted by molar-refractivity contribution is -0.240. The van der Waals surface area contributed by atoms with Crippen LogP contribution in [-0.2, 0) is 9.47 Å². The SMILES string of the molecule is CCCCOC(C)(COc1ccc(Cl)cc1Cl)OCCCC. The first-order valence-corrected chi connectivity index (χ1v) is 8.62. The summed E-state index contributed by atoms with van der Waals surface area (Å²) in [6.07, 6.45) is 4.15. The monoisotopic (exact) mass is 348 g/mol. The van der Waals surface area contributed by atoms with E-state index in [0.29, 0.717) is 29.0 Å². The lowest BCUT2D eigenvalue weighted by Crippen LogP contribution is -2.39. The van der Waals surface area contributed by atoms with E-state index in [-0.39, 0.29) is 6.61 Å². The van der Waals surface area contributed by atoms with Crippen LogP contribution in [0, 0.1) is 0 Å². The minimum atomic E-state index is -0.771. The Morgan fingerprint density at radius 3 is 2.09 bits per heavy atom. The molecular weight excluding hydrogens is 323 g/mol. The Morgan fingerprint density at radius 1 is 1.00 bits per heavy atom. The zero-order valence-electron chi connectivity index (χ0n) is 13.7. The van der Waals surface area contributed by atoms with Crippen LogP contribution in [0.5, 0.6) is 5.75 Å². The first-order chi connectivity index (χ1) is 10.5. The van der Waals surface area contributed by atoms with Gasteiger partial charge in [0.25, 0.3) is 0 Å². The predicted molar refractivity (Wildman–Crippen MR) is 92.1 cm³/mol. The van der Waals surface area contributed by atoms with Crippen molar-refractivity contribution in [2.45, 2.75) is 52.2 Å². The van der Waals surface area contributed by atoms with Gasteiger partial charge in [0.1, 0.15) is 12.4 Å². The second kappa shape index (κ2) is 10.3. The molecule has 0 saturated carbocycles. The van der Waals surface area contributed by atoms with Crippen molar-refractivity contribution in [2.24, 2.45) is 0 Å². The first kappa shape index (κ1) is 19.6. The van der Waals surface area contributed by atoms with Crippen LogP contribution in [0.3, 0.4) is 0 Å². The van der Waals surface area contributed by atoms with Crippen molar-refractivity contribution in [1.82, 2.24) is 0 Å². The van der Waals surface area contributed by atoms with E-state index >= 15 is 0 Å². The third-order valence-corrected chi connectivity index (χ3v) is 3.72. The standard InChI is InChI=1S/C17H26Cl2O3/c1-4-6-10-21-17(3,22-11-7-5-2)13-20-16-9-8-14(18)12-15(16)19/h8-9,12H,4-7,10-11,13H2,1-3H3. The van der Waals surface area contributed by atoms with E-state index in [0.717, 1.165) is 25.7 Å². The topological polar surface area (TPSA) is 27.7 Å². The highest BCUT2D eigenvalue weighted by Crippen LogP contribution is 2.28. The van der Waals surface area contributed by atoms with Gasteiger partial charge in [-0.3, -0.25) is 0 Å². The van der Waals surface area contributed by atoms with E-state index in [1.807, 2.05) is 6.92 Å². The molecule has 0 aliphatic rings. The maximum atomic E-state index is 6.12. The molecule has 126 valence electrons. The van der Waals surface area contributed by atoms with E-state index in [1.54, 1.807) is 18.2 Å². The predicted octanol–water partition coefficient (Wildman–Crippen LogP) is 5.72. The Bertz CT molecular complexity index is 428. The molecule has 0 aromatic heterocycles. The Hall–Kier alpha value is -0.480. The molecular formula is C17H26Cl2O3. The molecule has 0 N–H and O–H groups in total. The summed E-state index contributed by atoms with van der Waals surface area (Å²) in [5, 5.41) is 1.07. The molecule has 0 aliphatic heterocycles. The van der Waals surface area contributed by atoms with Crippen LogP contribution in [0.25, 0.3) is 0 Å². The van der Waals surface area contributed by atoms with E-state index in [4.69, 9.17) is 37.4 Å². The molecule has 0 fully saturated rings. The molecule has 3 nitrogen and oxygen atoms in total. The fourth-order valence-corrected chi connectivity index (χ4v) is 2.25. The van der Waals surface area contributed by atoms with E-state index in [2.05, 4.69) is 13.8 Å². The van der Waals surface area contributed by atoms with Crippen molar-refractivity contribution in [3.8, 4) is 5.75 Å². The van der Waals surface area contributed by atoms with Crippen LogP contribution in [0.1, 0.15) is 46.5 Å². The summed E-state index contributed by atoms with van der Waals surface area (Å²) in [5.74, 6) is -0.191. The molecule has 0 radical (unpaired) electrons. The second-order valence-corrected chi connectivity index (χ2v) is 6.24. The molecule has 0 bridgehead atoms. The van der Waals surface area contributed by atoms with E-state index in [9.17, 15) is 0 Å². The largest absolute Gasteiger partial charge is 0.486 e. The van der Waals surface area contributed by atoms with Gasteiger partial charge in [-0.25, -0.2) is 0 Å². The van der Waals surface area contributed by atoms with Crippen molar-refractivity contribution in [1.29, 1.82) is 0 Å². The molecule has 0 amide bonds. The van der Waals surface area contributed by atoms with Gasteiger partial charge in [0, 0.05) is 5.02 Å². The summed E-state index contributed by atoms with van der Waals surface area (Å²) >= 11 is 12.0. The molecule has 0 saturated heterocycles. The van der Waals surface area contributed by atoms with Gasteiger partial charge in [0.15, 0.2) is 5.79 Å². The maximum absolute atomic E-state index is 6.12. The summed E-state index contributed by atoms with van der Waals surface area (Å²) in [7, 11) is 0. The van der Waals surface area contributed by atoms with E-state index in [1.165, 1.54) is 0 Å². The van der Waals surface area contributed by atoms with Crippen molar-refractivity contribution >= 4 is 23.2 Å². The summed E-state index contributed by atoms with van der Waals surface area (Å²) in [5.41, 5.74) is 0. The average Bonchev–Trinajstić information content (AvgIpc) is 2.47.